The maximum absolute atomic E-state index is 11.7. The number of hydrogen-bond acceptors (Lipinski definition) is 7. The third-order valence-corrected chi connectivity index (χ3v) is 3.46. The molecule has 1 aromatic rings. The van der Waals surface area contributed by atoms with Crippen LogP contribution in [0.4, 0.5) is 0 Å². The van der Waals surface area contributed by atoms with Gasteiger partial charge in [0.15, 0.2) is 18.1 Å². The molecule has 136 valence electrons. The van der Waals surface area contributed by atoms with Crippen molar-refractivity contribution < 1.29 is 28.5 Å². The summed E-state index contributed by atoms with van der Waals surface area (Å²) in [6, 6.07) is 5.24. The molecule has 0 spiro atoms. The number of ether oxygens (including phenoxy) is 4. The van der Waals surface area contributed by atoms with Crippen LogP contribution in [0.25, 0.3) is 6.08 Å². The Balaban J connectivity index is 1.79. The molecule has 0 saturated carbocycles. The Bertz CT molecular complexity index is 626. The van der Waals surface area contributed by atoms with Crippen molar-refractivity contribution in [3.8, 4) is 11.5 Å². The van der Waals surface area contributed by atoms with E-state index in [9.17, 15) is 9.59 Å². The zero-order chi connectivity index (χ0) is 18.1. The van der Waals surface area contributed by atoms with E-state index in [2.05, 4.69) is 5.43 Å². The van der Waals surface area contributed by atoms with Crippen molar-refractivity contribution in [2.45, 2.75) is 0 Å². The van der Waals surface area contributed by atoms with Gasteiger partial charge in [-0.2, -0.15) is 0 Å². The summed E-state index contributed by atoms with van der Waals surface area (Å²) in [7, 11) is 3.08. The number of carbonyl (C=O) groups excluding carboxylic acids is 2. The molecule has 1 N–H and O–H groups in total. The molecule has 1 fully saturated rings. The van der Waals surface area contributed by atoms with E-state index in [1.807, 2.05) is 0 Å². The maximum atomic E-state index is 11.7. The SMILES string of the molecule is COc1ccc(/C=C/C(=O)OCC(=O)NN2CCOCC2)cc1OC. The predicted octanol–water partition coefficient (Wildman–Crippen LogP) is 0.624. The molecular weight excluding hydrogens is 328 g/mol. The molecule has 8 heteroatoms. The molecule has 8 nitrogen and oxygen atoms in total. The molecule has 25 heavy (non-hydrogen) atoms. The minimum Gasteiger partial charge on any atom is -0.493 e. The van der Waals surface area contributed by atoms with Crippen LogP contribution in [0, 0.1) is 0 Å². The van der Waals surface area contributed by atoms with Crippen molar-refractivity contribution in [1.29, 1.82) is 0 Å². The highest BCUT2D eigenvalue weighted by atomic mass is 16.5. The zero-order valence-corrected chi connectivity index (χ0v) is 14.3. The lowest BCUT2D eigenvalue weighted by atomic mass is 10.2. The van der Waals surface area contributed by atoms with E-state index >= 15 is 0 Å². The Morgan fingerprint density at radius 1 is 1.20 bits per heavy atom. The molecule has 0 atom stereocenters. The third-order valence-electron chi connectivity index (χ3n) is 3.46. The molecule has 1 heterocycles. The Kier molecular flexibility index (Phi) is 7.24. The predicted molar refractivity (Wildman–Crippen MR) is 90.1 cm³/mol. The number of nitrogens with one attached hydrogen (secondary N) is 1. The molecule has 0 aliphatic carbocycles. The number of hydrazine groups is 1. The fraction of sp³-hybridized carbons (Fsp3) is 0.412. The van der Waals surface area contributed by atoms with Gasteiger partial charge in [0.25, 0.3) is 5.91 Å². The second-order valence-electron chi connectivity index (χ2n) is 5.19. The van der Waals surface area contributed by atoms with E-state index in [1.54, 1.807) is 36.4 Å². The molecule has 1 saturated heterocycles. The average Bonchev–Trinajstić information content (AvgIpc) is 2.65. The number of benzene rings is 1. The van der Waals surface area contributed by atoms with Crippen LogP contribution in [0.5, 0.6) is 11.5 Å². The molecule has 0 bridgehead atoms. The number of morpholine rings is 1. The largest absolute Gasteiger partial charge is 0.493 e. The fourth-order valence-electron chi connectivity index (χ4n) is 2.19. The van der Waals surface area contributed by atoms with Crippen LogP contribution in [-0.4, -0.2) is 64.0 Å². The molecular formula is C17H22N2O6. The van der Waals surface area contributed by atoms with Crippen LogP contribution in [-0.2, 0) is 19.1 Å². The Labute approximate surface area is 146 Å². The van der Waals surface area contributed by atoms with Gasteiger partial charge < -0.3 is 18.9 Å². The smallest absolute Gasteiger partial charge is 0.331 e. The van der Waals surface area contributed by atoms with E-state index in [1.165, 1.54) is 13.2 Å². The van der Waals surface area contributed by atoms with E-state index in [-0.39, 0.29) is 12.5 Å². The highest BCUT2D eigenvalue weighted by molar-refractivity contribution is 5.89. The van der Waals surface area contributed by atoms with Gasteiger partial charge in [-0.25, -0.2) is 9.80 Å². The molecule has 1 amide bonds. The first-order chi connectivity index (χ1) is 12.1. The van der Waals surface area contributed by atoms with Crippen molar-refractivity contribution in [3.05, 3.63) is 29.8 Å². The van der Waals surface area contributed by atoms with Gasteiger partial charge in [-0.05, 0) is 23.8 Å². The fourth-order valence-corrected chi connectivity index (χ4v) is 2.19. The van der Waals surface area contributed by atoms with Gasteiger partial charge >= 0.3 is 5.97 Å². The van der Waals surface area contributed by atoms with Crippen LogP contribution in [0.3, 0.4) is 0 Å². The van der Waals surface area contributed by atoms with Gasteiger partial charge in [0.2, 0.25) is 0 Å². The van der Waals surface area contributed by atoms with Crippen LogP contribution < -0.4 is 14.9 Å². The standard InChI is InChI=1S/C17H22N2O6/c1-22-14-5-3-13(11-15(14)23-2)4-6-17(21)25-12-16(20)18-19-7-9-24-10-8-19/h3-6,11H,7-10,12H2,1-2H3,(H,18,20)/b6-4+. The first-order valence-electron chi connectivity index (χ1n) is 7.81. The van der Waals surface area contributed by atoms with Crippen LogP contribution >= 0.6 is 0 Å². The second-order valence-corrected chi connectivity index (χ2v) is 5.19. The normalized spacial score (nSPS) is 15.0. The number of esters is 1. The zero-order valence-electron chi connectivity index (χ0n) is 14.3. The van der Waals surface area contributed by atoms with Crippen LogP contribution in [0.1, 0.15) is 5.56 Å². The third kappa shape index (κ3) is 6.09. The minimum absolute atomic E-state index is 0.341. The first kappa shape index (κ1) is 18.8. The highest BCUT2D eigenvalue weighted by Crippen LogP contribution is 2.27. The average molecular weight is 350 g/mol. The topological polar surface area (TPSA) is 86.3 Å². The van der Waals surface area contributed by atoms with Crippen molar-refractivity contribution >= 4 is 18.0 Å². The summed E-state index contributed by atoms with van der Waals surface area (Å²) < 4.78 is 20.4. The Morgan fingerprint density at radius 2 is 1.92 bits per heavy atom. The number of rotatable bonds is 7. The summed E-state index contributed by atoms with van der Waals surface area (Å²) in [5.74, 6) is 0.173. The summed E-state index contributed by atoms with van der Waals surface area (Å²) in [5, 5.41) is 1.74. The van der Waals surface area contributed by atoms with Crippen molar-refractivity contribution in [1.82, 2.24) is 10.4 Å². The highest BCUT2D eigenvalue weighted by Gasteiger charge is 2.13. The van der Waals surface area contributed by atoms with Crippen LogP contribution in [0.2, 0.25) is 0 Å². The van der Waals surface area contributed by atoms with E-state index in [0.717, 1.165) is 5.56 Å². The van der Waals surface area contributed by atoms with E-state index in [0.29, 0.717) is 37.8 Å². The molecule has 2 rings (SSSR count). The summed E-state index contributed by atoms with van der Waals surface area (Å²) in [6.07, 6.45) is 2.83. The lowest BCUT2D eigenvalue weighted by molar-refractivity contribution is -0.146. The first-order valence-corrected chi connectivity index (χ1v) is 7.81. The number of amides is 1. The maximum Gasteiger partial charge on any atom is 0.331 e. The quantitative estimate of drug-likeness (QED) is 0.570. The lowest BCUT2D eigenvalue weighted by Gasteiger charge is -2.26. The number of carbonyl (C=O) groups is 2. The molecule has 0 radical (unpaired) electrons. The van der Waals surface area contributed by atoms with Gasteiger partial charge in [-0.1, -0.05) is 6.07 Å². The molecule has 1 aliphatic heterocycles. The van der Waals surface area contributed by atoms with Crippen LogP contribution in [0.15, 0.2) is 24.3 Å². The minimum atomic E-state index is -0.605. The Hall–Kier alpha value is -2.58. The van der Waals surface area contributed by atoms with Gasteiger partial charge in [0.1, 0.15) is 0 Å². The van der Waals surface area contributed by atoms with Gasteiger partial charge in [-0.15, -0.1) is 0 Å². The summed E-state index contributed by atoms with van der Waals surface area (Å²) in [6.45, 7) is 2.01. The molecule has 1 aliphatic rings. The Morgan fingerprint density at radius 3 is 2.60 bits per heavy atom. The summed E-state index contributed by atoms with van der Waals surface area (Å²) in [4.78, 5) is 23.4. The van der Waals surface area contributed by atoms with Gasteiger partial charge in [0, 0.05) is 19.2 Å². The summed E-state index contributed by atoms with van der Waals surface area (Å²) >= 11 is 0. The van der Waals surface area contributed by atoms with Gasteiger partial charge in [0.05, 0.1) is 27.4 Å². The van der Waals surface area contributed by atoms with Gasteiger partial charge in [-0.3, -0.25) is 10.2 Å². The number of methoxy groups -OCH3 is 2. The second kappa shape index (κ2) is 9.65. The lowest BCUT2D eigenvalue weighted by Crippen LogP contribution is -2.49. The number of hydrogen-bond donors (Lipinski definition) is 1. The number of nitrogens with zero attached hydrogens (tertiary/aromatic N) is 1. The molecule has 0 aromatic heterocycles. The van der Waals surface area contributed by atoms with Crippen molar-refractivity contribution in [2.75, 3.05) is 47.1 Å². The van der Waals surface area contributed by atoms with Crippen molar-refractivity contribution in [2.24, 2.45) is 0 Å². The van der Waals surface area contributed by atoms with Crippen molar-refractivity contribution in [3.63, 3.8) is 0 Å². The monoisotopic (exact) mass is 350 g/mol. The summed E-state index contributed by atoms with van der Waals surface area (Å²) in [5.41, 5.74) is 3.40. The molecule has 1 aromatic carbocycles. The molecule has 0 unspecified atom stereocenters. The van der Waals surface area contributed by atoms with E-state index < -0.39 is 5.97 Å². The van der Waals surface area contributed by atoms with E-state index in [4.69, 9.17) is 18.9 Å².